The number of aryl methyl sites for hydroxylation is 1. The van der Waals surface area contributed by atoms with Gasteiger partial charge < -0.3 is 15.4 Å². The number of anilines is 1. The molecule has 2 rings (SSSR count). The van der Waals surface area contributed by atoms with Crippen molar-refractivity contribution in [3.05, 3.63) is 23.8 Å². The van der Waals surface area contributed by atoms with Gasteiger partial charge in [0.05, 0.1) is 7.11 Å². The first kappa shape index (κ1) is 14.2. The van der Waals surface area contributed by atoms with Crippen molar-refractivity contribution in [1.29, 1.82) is 0 Å². The van der Waals surface area contributed by atoms with Gasteiger partial charge in [-0.1, -0.05) is 6.07 Å². The van der Waals surface area contributed by atoms with Crippen LogP contribution in [0.25, 0.3) is 0 Å². The maximum atomic E-state index is 5.59. The van der Waals surface area contributed by atoms with Crippen LogP contribution < -0.4 is 15.4 Å². The van der Waals surface area contributed by atoms with Crippen molar-refractivity contribution in [2.45, 2.75) is 38.5 Å². The molecule has 0 saturated carbocycles. The molecule has 1 aliphatic rings. The van der Waals surface area contributed by atoms with Crippen molar-refractivity contribution in [3.8, 4) is 5.75 Å². The normalized spacial score (nSPS) is 15.6. The molecule has 106 valence electrons. The van der Waals surface area contributed by atoms with E-state index in [0.29, 0.717) is 0 Å². The number of methoxy groups -OCH3 is 1. The van der Waals surface area contributed by atoms with Crippen LogP contribution in [0.15, 0.2) is 18.2 Å². The zero-order chi connectivity index (χ0) is 13.5. The van der Waals surface area contributed by atoms with Crippen LogP contribution in [-0.2, 0) is 6.42 Å². The van der Waals surface area contributed by atoms with E-state index in [1.807, 2.05) is 0 Å². The Morgan fingerprint density at radius 3 is 2.63 bits per heavy atom. The van der Waals surface area contributed by atoms with E-state index >= 15 is 0 Å². The quantitative estimate of drug-likeness (QED) is 0.801. The number of hydrogen-bond acceptors (Lipinski definition) is 3. The molecule has 0 spiro atoms. The van der Waals surface area contributed by atoms with Gasteiger partial charge in [0.25, 0.3) is 0 Å². The molecule has 0 amide bonds. The van der Waals surface area contributed by atoms with E-state index in [2.05, 4.69) is 23.1 Å². The molecule has 3 nitrogen and oxygen atoms in total. The van der Waals surface area contributed by atoms with E-state index in [4.69, 9.17) is 10.5 Å². The maximum Gasteiger partial charge on any atom is 0.120 e. The lowest BCUT2D eigenvalue weighted by molar-refractivity contribution is 0.414. The number of nitrogens with zero attached hydrogens (tertiary/aromatic N) is 1. The number of rotatable bonds is 6. The number of hydrogen-bond donors (Lipinski definition) is 1. The third-order valence-electron chi connectivity index (χ3n) is 3.89. The number of unbranched alkanes of at least 4 members (excludes halogenated alkanes) is 1. The van der Waals surface area contributed by atoms with E-state index in [-0.39, 0.29) is 0 Å². The van der Waals surface area contributed by atoms with Gasteiger partial charge in [-0.05, 0) is 56.7 Å². The molecule has 2 N–H and O–H groups in total. The van der Waals surface area contributed by atoms with E-state index < -0.39 is 0 Å². The van der Waals surface area contributed by atoms with E-state index in [9.17, 15) is 0 Å². The molecule has 1 heterocycles. The average Bonchev–Trinajstić information content (AvgIpc) is 2.48. The average molecular weight is 262 g/mol. The fraction of sp³-hybridized carbons (Fsp3) is 0.625. The molecule has 0 aromatic heterocycles. The third kappa shape index (κ3) is 3.87. The van der Waals surface area contributed by atoms with Gasteiger partial charge in [0.2, 0.25) is 0 Å². The number of ether oxygens (including phenoxy) is 1. The number of piperidine rings is 1. The van der Waals surface area contributed by atoms with Gasteiger partial charge in [-0.2, -0.15) is 0 Å². The summed E-state index contributed by atoms with van der Waals surface area (Å²) in [5.74, 6) is 0.961. The summed E-state index contributed by atoms with van der Waals surface area (Å²) in [4.78, 5) is 2.52. The summed E-state index contributed by atoms with van der Waals surface area (Å²) in [5.41, 5.74) is 8.40. The fourth-order valence-electron chi connectivity index (χ4n) is 2.77. The summed E-state index contributed by atoms with van der Waals surface area (Å²) in [6.07, 6.45) is 7.37. The summed E-state index contributed by atoms with van der Waals surface area (Å²) in [6.45, 7) is 3.14. The Kier molecular flexibility index (Phi) is 5.52. The summed E-state index contributed by atoms with van der Waals surface area (Å²) >= 11 is 0. The summed E-state index contributed by atoms with van der Waals surface area (Å²) in [5, 5.41) is 0. The molecule has 1 aromatic rings. The molecule has 0 radical (unpaired) electrons. The maximum absolute atomic E-state index is 5.59. The molecule has 0 aliphatic carbocycles. The van der Waals surface area contributed by atoms with Gasteiger partial charge in [-0.3, -0.25) is 0 Å². The topological polar surface area (TPSA) is 38.5 Å². The Labute approximate surface area is 116 Å². The lowest BCUT2D eigenvalue weighted by Gasteiger charge is -2.31. The van der Waals surface area contributed by atoms with Crippen LogP contribution in [0.1, 0.15) is 37.7 Å². The van der Waals surface area contributed by atoms with Gasteiger partial charge in [0.15, 0.2) is 0 Å². The van der Waals surface area contributed by atoms with Gasteiger partial charge in [0, 0.05) is 24.8 Å². The van der Waals surface area contributed by atoms with Crippen LogP contribution in [0.4, 0.5) is 5.69 Å². The van der Waals surface area contributed by atoms with Crippen LogP contribution >= 0.6 is 0 Å². The summed E-state index contributed by atoms with van der Waals surface area (Å²) < 4.78 is 5.38. The van der Waals surface area contributed by atoms with Crippen molar-refractivity contribution in [1.82, 2.24) is 0 Å². The third-order valence-corrected chi connectivity index (χ3v) is 3.89. The van der Waals surface area contributed by atoms with Crippen molar-refractivity contribution in [3.63, 3.8) is 0 Å². The molecule has 0 atom stereocenters. The van der Waals surface area contributed by atoms with Crippen LogP contribution in [0.2, 0.25) is 0 Å². The SMILES string of the molecule is COc1ccc(CCCCN)c(N2CCCCC2)c1. The molecule has 1 saturated heterocycles. The minimum absolute atomic E-state index is 0.787. The predicted molar refractivity (Wildman–Crippen MR) is 81.1 cm³/mol. The second kappa shape index (κ2) is 7.39. The summed E-state index contributed by atoms with van der Waals surface area (Å²) in [7, 11) is 1.74. The first-order chi connectivity index (χ1) is 9.35. The highest BCUT2D eigenvalue weighted by Gasteiger charge is 2.15. The molecule has 19 heavy (non-hydrogen) atoms. The van der Waals surface area contributed by atoms with E-state index in [0.717, 1.165) is 25.1 Å². The zero-order valence-electron chi connectivity index (χ0n) is 12.0. The number of nitrogens with two attached hydrogens (primary N) is 1. The largest absolute Gasteiger partial charge is 0.497 e. The molecular weight excluding hydrogens is 236 g/mol. The predicted octanol–water partition coefficient (Wildman–Crippen LogP) is 2.97. The van der Waals surface area contributed by atoms with Crippen LogP contribution in [0.3, 0.4) is 0 Å². The smallest absolute Gasteiger partial charge is 0.120 e. The summed E-state index contributed by atoms with van der Waals surface area (Å²) in [6, 6.07) is 6.49. The van der Waals surface area contributed by atoms with Crippen molar-refractivity contribution in [2.24, 2.45) is 5.73 Å². The molecule has 3 heteroatoms. The highest BCUT2D eigenvalue weighted by Crippen LogP contribution is 2.29. The van der Waals surface area contributed by atoms with Crippen LogP contribution in [0.5, 0.6) is 5.75 Å². The molecule has 1 aromatic carbocycles. The van der Waals surface area contributed by atoms with Gasteiger partial charge in [0.1, 0.15) is 5.75 Å². The molecule has 1 aliphatic heterocycles. The first-order valence-corrected chi connectivity index (χ1v) is 7.47. The van der Waals surface area contributed by atoms with Crippen LogP contribution in [0, 0.1) is 0 Å². The number of benzene rings is 1. The highest BCUT2D eigenvalue weighted by atomic mass is 16.5. The lowest BCUT2D eigenvalue weighted by atomic mass is 10.0. The first-order valence-electron chi connectivity index (χ1n) is 7.47. The van der Waals surface area contributed by atoms with Gasteiger partial charge >= 0.3 is 0 Å². The minimum Gasteiger partial charge on any atom is -0.497 e. The van der Waals surface area contributed by atoms with E-state index in [1.165, 1.54) is 50.0 Å². The zero-order valence-corrected chi connectivity index (χ0v) is 12.0. The monoisotopic (exact) mass is 262 g/mol. The lowest BCUT2D eigenvalue weighted by Crippen LogP contribution is -2.30. The van der Waals surface area contributed by atoms with Crippen molar-refractivity contribution in [2.75, 3.05) is 31.6 Å². The molecule has 1 fully saturated rings. The molecular formula is C16H26N2O. The Balaban J connectivity index is 2.15. The Morgan fingerprint density at radius 2 is 1.95 bits per heavy atom. The second-order valence-corrected chi connectivity index (χ2v) is 5.29. The second-order valence-electron chi connectivity index (χ2n) is 5.29. The van der Waals surface area contributed by atoms with Gasteiger partial charge in [-0.25, -0.2) is 0 Å². The van der Waals surface area contributed by atoms with Gasteiger partial charge in [-0.15, -0.1) is 0 Å². The van der Waals surface area contributed by atoms with Crippen LogP contribution in [-0.4, -0.2) is 26.7 Å². The minimum atomic E-state index is 0.787. The standard InChI is InChI=1S/C16H26N2O/c1-19-15-9-8-14(7-3-4-10-17)16(13-15)18-11-5-2-6-12-18/h8-9,13H,2-7,10-12,17H2,1H3. The van der Waals surface area contributed by atoms with Crippen molar-refractivity contribution >= 4 is 5.69 Å². The molecule has 0 bridgehead atoms. The highest BCUT2D eigenvalue weighted by molar-refractivity contribution is 5.57. The molecule has 0 unspecified atom stereocenters. The Hall–Kier alpha value is -1.22. The Morgan fingerprint density at radius 1 is 1.16 bits per heavy atom. The fourth-order valence-corrected chi connectivity index (χ4v) is 2.77. The van der Waals surface area contributed by atoms with Crippen molar-refractivity contribution < 1.29 is 4.74 Å². The van der Waals surface area contributed by atoms with E-state index in [1.54, 1.807) is 7.11 Å². The Bertz CT molecular complexity index is 386.